The molecule has 2 aliphatic heterocycles. The summed E-state index contributed by atoms with van der Waals surface area (Å²) in [6.07, 6.45) is -1.55. The van der Waals surface area contributed by atoms with E-state index in [9.17, 15) is 19.3 Å². The SMILES string of the molecule is C[C@H](N[P@](=O)(OC[C@H]1O[C@@H](n2ccc(N)nc2=O)[C@@]2(CCO2)[C@@H]1O)Oc1ccccc1)C(=O)OCc1ccccc1. The second-order valence-corrected chi connectivity index (χ2v) is 11.4. The van der Waals surface area contributed by atoms with Crippen LogP contribution in [0.2, 0.25) is 0 Å². The average Bonchev–Trinajstić information content (AvgIpc) is 3.24. The number of aromatic nitrogens is 2. The molecule has 41 heavy (non-hydrogen) atoms. The van der Waals surface area contributed by atoms with Crippen molar-refractivity contribution in [1.29, 1.82) is 0 Å². The molecule has 2 saturated heterocycles. The van der Waals surface area contributed by atoms with Gasteiger partial charge in [0.2, 0.25) is 0 Å². The van der Waals surface area contributed by atoms with Crippen molar-refractivity contribution < 1.29 is 37.7 Å². The molecule has 13 nitrogen and oxygen atoms in total. The molecule has 0 saturated carbocycles. The number of nitrogens with zero attached hydrogens (tertiary/aromatic N) is 2. The highest BCUT2D eigenvalue weighted by Crippen LogP contribution is 2.50. The van der Waals surface area contributed by atoms with E-state index in [1.165, 1.54) is 23.8 Å². The Morgan fingerprint density at radius 3 is 2.54 bits per heavy atom. The molecule has 2 aromatic carbocycles. The van der Waals surface area contributed by atoms with E-state index in [1.54, 1.807) is 30.3 Å². The second-order valence-electron chi connectivity index (χ2n) is 9.71. The van der Waals surface area contributed by atoms with Crippen LogP contribution in [0.15, 0.2) is 77.7 Å². The van der Waals surface area contributed by atoms with E-state index in [-0.39, 0.29) is 18.2 Å². The Labute approximate surface area is 235 Å². The number of carbonyl (C=O) groups excluding carboxylic acids is 1. The van der Waals surface area contributed by atoms with Crippen LogP contribution in [0.3, 0.4) is 0 Å². The number of nitrogens with one attached hydrogen (secondary N) is 1. The van der Waals surface area contributed by atoms with Crippen LogP contribution in [-0.2, 0) is 34.7 Å². The van der Waals surface area contributed by atoms with Crippen LogP contribution in [0.4, 0.5) is 5.82 Å². The van der Waals surface area contributed by atoms with Crippen molar-refractivity contribution in [1.82, 2.24) is 14.6 Å². The van der Waals surface area contributed by atoms with E-state index >= 15 is 0 Å². The Hall–Kier alpha value is -3.58. The maximum atomic E-state index is 13.9. The van der Waals surface area contributed by atoms with Crippen molar-refractivity contribution in [3.05, 3.63) is 89.0 Å². The fourth-order valence-electron chi connectivity index (χ4n) is 4.64. The molecule has 14 heteroatoms. The maximum absolute atomic E-state index is 13.9. The smallest absolute Gasteiger partial charge is 0.459 e. The Kier molecular flexibility index (Phi) is 8.55. The van der Waals surface area contributed by atoms with E-state index in [2.05, 4.69) is 10.1 Å². The number of hydrogen-bond donors (Lipinski definition) is 3. The fourth-order valence-corrected chi connectivity index (χ4v) is 6.14. The molecular weight excluding hydrogens is 555 g/mol. The van der Waals surface area contributed by atoms with Gasteiger partial charge in [-0.1, -0.05) is 48.5 Å². The highest BCUT2D eigenvalue weighted by Gasteiger charge is 2.62. The van der Waals surface area contributed by atoms with Gasteiger partial charge in [0.25, 0.3) is 0 Å². The minimum atomic E-state index is -4.25. The van der Waals surface area contributed by atoms with Crippen LogP contribution in [0.1, 0.15) is 25.1 Å². The number of benzene rings is 2. The molecule has 4 N–H and O–H groups in total. The summed E-state index contributed by atoms with van der Waals surface area (Å²) in [7, 11) is -4.25. The van der Waals surface area contributed by atoms with E-state index in [1.807, 2.05) is 30.3 Å². The molecule has 5 rings (SSSR count). The van der Waals surface area contributed by atoms with Gasteiger partial charge in [-0.05, 0) is 30.7 Å². The number of aliphatic hydroxyl groups is 1. The van der Waals surface area contributed by atoms with Crippen LogP contribution in [0.25, 0.3) is 0 Å². The zero-order valence-electron chi connectivity index (χ0n) is 22.2. The van der Waals surface area contributed by atoms with Gasteiger partial charge in [0.15, 0.2) is 6.23 Å². The molecule has 0 amide bonds. The zero-order chi connectivity index (χ0) is 29.0. The lowest BCUT2D eigenvalue weighted by Crippen LogP contribution is -2.57. The minimum Gasteiger partial charge on any atom is -0.460 e. The summed E-state index contributed by atoms with van der Waals surface area (Å²) < 4.78 is 43.6. The lowest BCUT2D eigenvalue weighted by molar-refractivity contribution is -0.227. The number of esters is 1. The van der Waals surface area contributed by atoms with Gasteiger partial charge in [0.05, 0.1) is 13.2 Å². The Bertz CT molecular complexity index is 1450. The van der Waals surface area contributed by atoms with Gasteiger partial charge in [0, 0.05) is 12.6 Å². The molecular formula is C27H31N4O9P. The largest absolute Gasteiger partial charge is 0.460 e. The molecule has 2 aliphatic rings. The van der Waals surface area contributed by atoms with E-state index in [0.717, 1.165) is 5.56 Å². The van der Waals surface area contributed by atoms with Crippen molar-refractivity contribution in [2.45, 2.75) is 50.0 Å². The lowest BCUT2D eigenvalue weighted by atomic mass is 9.86. The fraction of sp³-hybridized carbons (Fsp3) is 0.370. The number of ether oxygens (including phenoxy) is 3. The quantitative estimate of drug-likeness (QED) is 0.221. The van der Waals surface area contributed by atoms with Gasteiger partial charge in [-0.25, -0.2) is 9.36 Å². The molecule has 218 valence electrons. The molecule has 1 aromatic heterocycles. The van der Waals surface area contributed by atoms with Crippen molar-refractivity contribution in [2.24, 2.45) is 0 Å². The first-order chi connectivity index (χ1) is 19.7. The maximum Gasteiger partial charge on any atom is 0.459 e. The summed E-state index contributed by atoms with van der Waals surface area (Å²) in [5, 5.41) is 13.8. The molecule has 3 heterocycles. The Morgan fingerprint density at radius 1 is 1.22 bits per heavy atom. The van der Waals surface area contributed by atoms with Crippen LogP contribution >= 0.6 is 7.75 Å². The van der Waals surface area contributed by atoms with Crippen molar-refractivity contribution in [3.63, 3.8) is 0 Å². The first kappa shape index (κ1) is 28.9. The van der Waals surface area contributed by atoms with Gasteiger partial charge < -0.3 is 29.6 Å². The topological polar surface area (TPSA) is 173 Å². The second kappa shape index (κ2) is 12.1. The van der Waals surface area contributed by atoms with Crippen molar-refractivity contribution >= 4 is 19.5 Å². The minimum absolute atomic E-state index is 0.0291. The molecule has 0 aliphatic carbocycles. The third-order valence-corrected chi connectivity index (χ3v) is 8.49. The molecule has 2 fully saturated rings. The highest BCUT2D eigenvalue weighted by molar-refractivity contribution is 7.52. The number of carbonyl (C=O) groups is 1. The lowest BCUT2D eigenvalue weighted by Gasteiger charge is -2.44. The number of hydrogen-bond acceptors (Lipinski definition) is 11. The molecule has 6 atom stereocenters. The number of anilines is 1. The molecule has 0 unspecified atom stereocenters. The molecule has 3 aromatic rings. The predicted octanol–water partition coefficient (Wildman–Crippen LogP) is 2.17. The van der Waals surface area contributed by atoms with Crippen molar-refractivity contribution in [3.8, 4) is 5.75 Å². The standard InChI is InChI=1S/C27H31N4O9P/c1-18(24(33)36-16-19-8-4-2-5-9-19)30-41(35,40-20-10-6-3-7-11-20)38-17-21-23(32)27(13-15-37-27)25(39-21)31-14-12-22(28)29-26(31)34/h2-12,14,18,21,23,25,32H,13,15-17H2,1H3,(H,30,35)(H2,28,29,34)/t18-,21+,23+,25+,27+,41-/m0/s1. The molecule has 0 bridgehead atoms. The van der Waals surface area contributed by atoms with Crippen LogP contribution in [0, 0.1) is 0 Å². The number of aliphatic hydroxyl groups excluding tert-OH is 1. The normalized spacial score (nSPS) is 25.7. The monoisotopic (exact) mass is 586 g/mol. The zero-order valence-corrected chi connectivity index (χ0v) is 23.1. The highest BCUT2D eigenvalue weighted by atomic mass is 31.2. The van der Waals surface area contributed by atoms with Crippen LogP contribution in [0.5, 0.6) is 5.75 Å². The van der Waals surface area contributed by atoms with Gasteiger partial charge in [-0.15, -0.1) is 0 Å². The number of rotatable bonds is 11. The van der Waals surface area contributed by atoms with Gasteiger partial charge in [0.1, 0.15) is 42.0 Å². The van der Waals surface area contributed by atoms with Crippen LogP contribution in [-0.4, -0.2) is 57.7 Å². The van der Waals surface area contributed by atoms with Gasteiger partial charge in [-0.2, -0.15) is 10.1 Å². The first-order valence-electron chi connectivity index (χ1n) is 13.0. The Balaban J connectivity index is 1.30. The Morgan fingerprint density at radius 2 is 1.90 bits per heavy atom. The summed E-state index contributed by atoms with van der Waals surface area (Å²) in [6.45, 7) is 1.41. The third kappa shape index (κ3) is 6.35. The molecule has 0 radical (unpaired) electrons. The number of nitrogen functional groups attached to an aromatic ring is 1. The van der Waals surface area contributed by atoms with E-state index in [4.69, 9.17) is 29.0 Å². The summed E-state index contributed by atoms with van der Waals surface area (Å²) in [6, 6.07) is 17.7. The number of para-hydroxylation sites is 1. The predicted molar refractivity (Wildman–Crippen MR) is 146 cm³/mol. The summed E-state index contributed by atoms with van der Waals surface area (Å²) in [4.78, 5) is 28.9. The van der Waals surface area contributed by atoms with E-state index in [0.29, 0.717) is 13.0 Å². The number of nitrogens with two attached hydrogens (primary N) is 1. The van der Waals surface area contributed by atoms with Gasteiger partial charge in [-0.3, -0.25) is 13.9 Å². The van der Waals surface area contributed by atoms with Gasteiger partial charge >= 0.3 is 19.4 Å². The van der Waals surface area contributed by atoms with Crippen molar-refractivity contribution in [2.75, 3.05) is 18.9 Å². The average molecular weight is 587 g/mol. The van der Waals surface area contributed by atoms with E-state index < -0.39 is 56.1 Å². The summed E-state index contributed by atoms with van der Waals surface area (Å²) in [5.41, 5.74) is 4.49. The molecule has 1 spiro atoms. The first-order valence-corrected chi connectivity index (χ1v) is 14.5. The summed E-state index contributed by atoms with van der Waals surface area (Å²) >= 11 is 0. The van der Waals surface area contributed by atoms with Crippen LogP contribution < -0.4 is 21.0 Å². The third-order valence-electron chi connectivity index (χ3n) is 6.85. The summed E-state index contributed by atoms with van der Waals surface area (Å²) in [5.74, 6) is -0.421.